The summed E-state index contributed by atoms with van der Waals surface area (Å²) in [6, 6.07) is 10.8. The topological polar surface area (TPSA) is 6.02 Å². The maximum Gasteiger partial charge on any atom is 0.0752 e. The molecule has 0 atom stereocenters. The largest absolute Gasteiger partial charge is 0.528 e. The van der Waals surface area contributed by atoms with Crippen molar-refractivity contribution < 1.29 is 8.96 Å². The highest BCUT2D eigenvalue weighted by atomic mass is 14.9. The minimum atomic E-state index is 0.377. The van der Waals surface area contributed by atoms with Gasteiger partial charge in [-0.3, -0.25) is 0 Å². The van der Waals surface area contributed by atoms with Gasteiger partial charge < -0.3 is 8.96 Å². The smallest absolute Gasteiger partial charge is 0.0752 e. The molecule has 0 amide bonds. The summed E-state index contributed by atoms with van der Waals surface area (Å²) in [4.78, 5) is 0. The summed E-state index contributed by atoms with van der Waals surface area (Å²) in [5.41, 5.74) is 1.37. The van der Waals surface area contributed by atoms with E-state index in [1.807, 2.05) is 0 Å². The molecule has 2 nitrogen and oxygen atoms in total. The molecule has 2 rings (SSSR count). The van der Waals surface area contributed by atoms with Crippen LogP contribution in [0.15, 0.2) is 42.5 Å². The summed E-state index contributed by atoms with van der Waals surface area (Å²) >= 11 is 0. The number of allylic oxidation sites excluding steroid dienone is 2. The number of nitrogens with zero attached hydrogens (tertiary/aromatic N) is 2. The zero-order chi connectivity index (χ0) is 13.8. The highest BCUT2D eigenvalue weighted by Crippen LogP contribution is 2.19. The lowest BCUT2D eigenvalue weighted by molar-refractivity contribution is -0.463. The van der Waals surface area contributed by atoms with Crippen molar-refractivity contribution in [2.45, 2.75) is 6.42 Å². The van der Waals surface area contributed by atoms with Gasteiger partial charge in [-0.1, -0.05) is 48.9 Å². The number of hydrogen-bond acceptors (Lipinski definition) is 0. The first kappa shape index (κ1) is 14.1. The fourth-order valence-corrected chi connectivity index (χ4v) is 2.91. The van der Waals surface area contributed by atoms with Crippen LogP contribution < -0.4 is 5.46 Å². The van der Waals surface area contributed by atoms with E-state index in [1.165, 1.54) is 11.3 Å². The first-order valence-corrected chi connectivity index (χ1v) is 6.84. The Morgan fingerprint density at radius 1 is 0.895 bits per heavy atom. The van der Waals surface area contributed by atoms with Gasteiger partial charge in [-0.05, 0) is 6.42 Å². The van der Waals surface area contributed by atoms with Crippen molar-refractivity contribution >= 4 is 18.3 Å². The predicted octanol–water partition coefficient (Wildman–Crippen LogP) is 1.31. The van der Waals surface area contributed by atoms with Gasteiger partial charge in [-0.2, -0.15) is 5.46 Å². The van der Waals surface area contributed by atoms with E-state index < -0.39 is 0 Å². The average molecular weight is 252 g/mol. The molecular formula is C15H22B2N2. The van der Waals surface area contributed by atoms with Crippen molar-refractivity contribution in [3.8, 4) is 0 Å². The molecule has 2 radical (unpaired) electrons. The highest BCUT2D eigenvalue weighted by Gasteiger charge is 2.17. The molecule has 1 aromatic carbocycles. The van der Waals surface area contributed by atoms with E-state index in [4.69, 9.17) is 0 Å². The Kier molecular flexibility index (Phi) is 4.62. The third kappa shape index (κ3) is 3.17. The highest BCUT2D eigenvalue weighted by molar-refractivity contribution is 7.16. The summed E-state index contributed by atoms with van der Waals surface area (Å²) in [6.07, 6.45) is 8.53. The lowest BCUT2D eigenvalue weighted by atomic mass is 9.22. The van der Waals surface area contributed by atoms with Crippen molar-refractivity contribution in [3.63, 3.8) is 0 Å². The number of rotatable bonds is 3. The second-order valence-electron chi connectivity index (χ2n) is 5.60. The Morgan fingerprint density at radius 3 is 2.00 bits per heavy atom. The van der Waals surface area contributed by atoms with Gasteiger partial charge in [0.05, 0.1) is 34.6 Å². The second-order valence-corrected chi connectivity index (χ2v) is 5.60. The Labute approximate surface area is 117 Å². The first-order chi connectivity index (χ1) is 9.11. The lowest BCUT2D eigenvalue weighted by Crippen LogP contribution is -2.46. The molecule has 0 saturated carbocycles. The van der Waals surface area contributed by atoms with E-state index >= 15 is 0 Å². The van der Waals surface area contributed by atoms with Crippen LogP contribution in [0.3, 0.4) is 0 Å². The van der Waals surface area contributed by atoms with Gasteiger partial charge in [0.2, 0.25) is 0 Å². The molecule has 0 spiro atoms. The first-order valence-electron chi connectivity index (χ1n) is 6.84. The van der Waals surface area contributed by atoms with Crippen molar-refractivity contribution in [1.82, 2.24) is 0 Å². The Hall–Kier alpha value is -1.31. The van der Waals surface area contributed by atoms with Crippen molar-refractivity contribution in [2.24, 2.45) is 0 Å². The molecule has 0 fully saturated rings. The van der Waals surface area contributed by atoms with Crippen LogP contribution in [-0.4, -0.2) is 49.9 Å². The zero-order valence-corrected chi connectivity index (χ0v) is 12.4. The summed E-state index contributed by atoms with van der Waals surface area (Å²) in [5.74, 6) is 1.49. The Morgan fingerprint density at radius 2 is 1.53 bits per heavy atom. The molecule has 98 valence electrons. The second kappa shape index (κ2) is 6.23. The summed E-state index contributed by atoms with van der Waals surface area (Å²) < 4.78 is 4.65. The molecule has 0 saturated heterocycles. The monoisotopic (exact) mass is 252 g/mol. The van der Waals surface area contributed by atoms with Gasteiger partial charge in [0.25, 0.3) is 0 Å². The molecule has 0 heterocycles. The van der Waals surface area contributed by atoms with Crippen molar-refractivity contribution in [1.29, 1.82) is 0 Å². The fourth-order valence-electron chi connectivity index (χ4n) is 2.91. The molecule has 1 aliphatic rings. The fraction of sp³-hybridized carbons (Fsp3) is 0.333. The molecule has 1 aromatic rings. The molecule has 0 aliphatic heterocycles. The minimum absolute atomic E-state index is 0.377. The third-order valence-corrected chi connectivity index (χ3v) is 3.73. The zero-order valence-electron chi connectivity index (χ0n) is 12.4. The summed E-state index contributed by atoms with van der Waals surface area (Å²) in [7, 11) is 8.67. The van der Waals surface area contributed by atoms with Crippen LogP contribution in [0.5, 0.6) is 0 Å². The lowest BCUT2D eigenvalue weighted by Gasteiger charge is -2.30. The molecule has 0 aromatic heterocycles. The van der Waals surface area contributed by atoms with E-state index in [0.717, 1.165) is 6.42 Å². The molecule has 0 N–H and O–H groups in total. The van der Waals surface area contributed by atoms with Gasteiger partial charge in [-0.15, -0.1) is 5.82 Å². The molecule has 0 unspecified atom stereocenters. The van der Waals surface area contributed by atoms with Crippen molar-refractivity contribution in [2.75, 3.05) is 28.2 Å². The predicted molar refractivity (Wildman–Crippen MR) is 83.1 cm³/mol. The van der Waals surface area contributed by atoms with Crippen LogP contribution in [0.1, 0.15) is 6.42 Å². The van der Waals surface area contributed by atoms with Crippen LogP contribution in [0.4, 0.5) is 0 Å². The van der Waals surface area contributed by atoms with Gasteiger partial charge in [0.1, 0.15) is 0 Å². The van der Waals surface area contributed by atoms with Crippen LogP contribution in [0, 0.1) is 12.2 Å². The average Bonchev–Trinajstić information content (AvgIpc) is 2.89. The van der Waals surface area contributed by atoms with Gasteiger partial charge >= 0.3 is 0 Å². The van der Waals surface area contributed by atoms with Gasteiger partial charge in [0, 0.05) is 6.40 Å². The van der Waals surface area contributed by atoms with Crippen molar-refractivity contribution in [3.05, 3.63) is 54.7 Å². The third-order valence-electron chi connectivity index (χ3n) is 3.73. The SMILES string of the molecule is C[N+](C)=[B-]([B-](c1ccccc1)=[N+](C)C)[C]1[CH]C=CC1. The Balaban J connectivity index is 2.50. The number of benzene rings is 1. The molecule has 0 bridgehead atoms. The maximum absolute atomic E-state index is 2.33. The van der Waals surface area contributed by atoms with Crippen LogP contribution >= 0.6 is 0 Å². The van der Waals surface area contributed by atoms with Gasteiger partial charge in [0.15, 0.2) is 0 Å². The van der Waals surface area contributed by atoms with Gasteiger partial charge in [-0.25, -0.2) is 0 Å². The maximum atomic E-state index is 2.33. The summed E-state index contributed by atoms with van der Waals surface area (Å²) in [5, 5.41) is 0. The van der Waals surface area contributed by atoms with E-state index in [-0.39, 0.29) is 0 Å². The minimum Gasteiger partial charge on any atom is -0.528 e. The Bertz CT molecular complexity index is 529. The van der Waals surface area contributed by atoms with E-state index in [9.17, 15) is 0 Å². The summed E-state index contributed by atoms with van der Waals surface area (Å²) in [6.45, 7) is 0. The molecule has 4 heteroatoms. The van der Waals surface area contributed by atoms with Crippen LogP contribution in [0.25, 0.3) is 0 Å². The van der Waals surface area contributed by atoms with Crippen LogP contribution in [-0.2, 0) is 0 Å². The quantitative estimate of drug-likeness (QED) is 0.715. The van der Waals surface area contributed by atoms with Crippen LogP contribution in [0.2, 0.25) is 0 Å². The standard InChI is InChI=1S/C15H22B2N2/c1-18(2)16(14-10-6-5-7-11-14)17(19(3)4)15-12-8-9-13-15/h5-12H,13H2,1-4H3. The van der Waals surface area contributed by atoms with E-state index in [2.05, 4.69) is 86.1 Å². The normalized spacial score (nSPS) is 14.5. The number of hydrogen-bond donors (Lipinski definition) is 0. The van der Waals surface area contributed by atoms with E-state index in [1.54, 1.807) is 0 Å². The molecule has 1 aliphatic carbocycles. The molecular weight excluding hydrogens is 230 g/mol. The van der Waals surface area contributed by atoms with E-state index in [0.29, 0.717) is 12.8 Å². The molecule has 19 heavy (non-hydrogen) atoms.